The van der Waals surface area contributed by atoms with Crippen molar-refractivity contribution in [2.45, 2.75) is 38.6 Å². The number of hydrogen-bond acceptors (Lipinski definition) is 3. The molecule has 0 bridgehead atoms. The van der Waals surface area contributed by atoms with E-state index in [-0.39, 0.29) is 18.0 Å². The number of ether oxygens (including phenoxy) is 1. The standard InChI is InChI=1S/C15H21N3O2.C2H3F3O/c1-2-14(19)18-10-8-13(9-11-18)17-15(20)16-12-6-4-3-5-7-12;1-6-2(3,4)5/h3-7,13H,2,8-11H2,1H3,(H2,16,17,20);1H3. The molecule has 1 aliphatic heterocycles. The van der Waals surface area contributed by atoms with Gasteiger partial charge in [0.15, 0.2) is 0 Å². The Balaban J connectivity index is 0.000000487. The lowest BCUT2D eigenvalue weighted by Crippen LogP contribution is -2.47. The molecule has 26 heavy (non-hydrogen) atoms. The highest BCUT2D eigenvalue weighted by Gasteiger charge is 2.26. The summed E-state index contributed by atoms with van der Waals surface area (Å²) >= 11 is 0. The van der Waals surface area contributed by atoms with Crippen LogP contribution in [0.5, 0.6) is 0 Å². The zero-order chi connectivity index (χ0) is 19.6. The van der Waals surface area contributed by atoms with Crippen molar-refractivity contribution >= 4 is 17.6 Å². The Morgan fingerprint density at radius 3 is 2.19 bits per heavy atom. The molecule has 1 aromatic rings. The third-order valence-electron chi connectivity index (χ3n) is 3.75. The van der Waals surface area contributed by atoms with Crippen LogP contribution in [0.4, 0.5) is 23.7 Å². The Kier molecular flexibility index (Phi) is 8.91. The van der Waals surface area contributed by atoms with Crippen LogP contribution in [0.15, 0.2) is 30.3 Å². The number of carbonyl (C=O) groups is 2. The van der Waals surface area contributed by atoms with Gasteiger partial charge >= 0.3 is 12.4 Å². The second-order valence-corrected chi connectivity index (χ2v) is 5.62. The van der Waals surface area contributed by atoms with Crippen LogP contribution in [-0.4, -0.2) is 49.4 Å². The van der Waals surface area contributed by atoms with Crippen molar-refractivity contribution in [3.8, 4) is 0 Å². The molecular formula is C17H24F3N3O3. The molecule has 0 aliphatic carbocycles. The first-order chi connectivity index (χ1) is 12.2. The molecular weight excluding hydrogens is 351 g/mol. The summed E-state index contributed by atoms with van der Waals surface area (Å²) in [6.45, 7) is 3.33. The molecule has 6 nitrogen and oxygen atoms in total. The number of piperidine rings is 1. The van der Waals surface area contributed by atoms with Gasteiger partial charge in [0.05, 0.1) is 0 Å². The average molecular weight is 375 g/mol. The van der Waals surface area contributed by atoms with Crippen LogP contribution < -0.4 is 10.6 Å². The van der Waals surface area contributed by atoms with E-state index in [1.54, 1.807) is 0 Å². The first-order valence-electron chi connectivity index (χ1n) is 8.27. The van der Waals surface area contributed by atoms with Crippen LogP contribution in [-0.2, 0) is 9.53 Å². The highest BCUT2D eigenvalue weighted by Crippen LogP contribution is 2.13. The van der Waals surface area contributed by atoms with Crippen LogP contribution in [0.2, 0.25) is 0 Å². The van der Waals surface area contributed by atoms with Gasteiger partial charge in [-0.05, 0) is 25.0 Å². The summed E-state index contributed by atoms with van der Waals surface area (Å²) in [5.41, 5.74) is 0.781. The number of carbonyl (C=O) groups excluding carboxylic acids is 2. The zero-order valence-electron chi connectivity index (χ0n) is 14.8. The molecule has 0 unspecified atom stereocenters. The number of alkyl halides is 3. The minimum atomic E-state index is -4.46. The van der Waals surface area contributed by atoms with Gasteiger partial charge in [0.25, 0.3) is 0 Å². The lowest BCUT2D eigenvalue weighted by atomic mass is 10.1. The van der Waals surface area contributed by atoms with Gasteiger partial charge in [0.1, 0.15) is 0 Å². The van der Waals surface area contributed by atoms with E-state index in [0.29, 0.717) is 13.5 Å². The second-order valence-electron chi connectivity index (χ2n) is 5.62. The molecule has 1 fully saturated rings. The molecule has 0 aromatic heterocycles. The fourth-order valence-electron chi connectivity index (χ4n) is 2.37. The van der Waals surface area contributed by atoms with E-state index in [0.717, 1.165) is 31.6 Å². The average Bonchev–Trinajstić information content (AvgIpc) is 2.62. The third kappa shape index (κ3) is 8.70. The lowest BCUT2D eigenvalue weighted by Gasteiger charge is -2.32. The van der Waals surface area contributed by atoms with E-state index >= 15 is 0 Å². The highest BCUT2D eigenvalue weighted by atomic mass is 19.4. The van der Waals surface area contributed by atoms with Crippen LogP contribution in [0, 0.1) is 0 Å². The van der Waals surface area contributed by atoms with Crippen molar-refractivity contribution in [1.29, 1.82) is 0 Å². The fraction of sp³-hybridized carbons (Fsp3) is 0.529. The van der Waals surface area contributed by atoms with Crippen molar-refractivity contribution in [2.24, 2.45) is 0 Å². The minimum Gasteiger partial charge on any atom is -0.343 e. The lowest BCUT2D eigenvalue weighted by molar-refractivity contribution is -0.311. The van der Waals surface area contributed by atoms with Crippen LogP contribution in [0.25, 0.3) is 0 Å². The maximum atomic E-state index is 11.8. The van der Waals surface area contributed by atoms with E-state index in [9.17, 15) is 22.8 Å². The first-order valence-corrected chi connectivity index (χ1v) is 8.27. The number of anilines is 1. The van der Waals surface area contributed by atoms with E-state index < -0.39 is 6.36 Å². The number of nitrogens with one attached hydrogen (secondary N) is 2. The molecule has 0 saturated carbocycles. The molecule has 3 amide bonds. The largest absolute Gasteiger partial charge is 0.522 e. The van der Waals surface area contributed by atoms with Gasteiger partial charge < -0.3 is 15.5 Å². The molecule has 0 spiro atoms. The molecule has 9 heteroatoms. The van der Waals surface area contributed by atoms with Gasteiger partial charge in [-0.1, -0.05) is 25.1 Å². The van der Waals surface area contributed by atoms with Crippen molar-refractivity contribution in [3.05, 3.63) is 30.3 Å². The van der Waals surface area contributed by atoms with Gasteiger partial charge in [-0.3, -0.25) is 9.53 Å². The molecule has 1 aromatic carbocycles. The molecule has 1 heterocycles. The van der Waals surface area contributed by atoms with Crippen LogP contribution >= 0.6 is 0 Å². The fourth-order valence-corrected chi connectivity index (χ4v) is 2.37. The predicted molar refractivity (Wildman–Crippen MR) is 91.6 cm³/mol. The second kappa shape index (κ2) is 10.6. The number of rotatable bonds is 3. The Morgan fingerprint density at radius 2 is 1.73 bits per heavy atom. The monoisotopic (exact) mass is 375 g/mol. The molecule has 146 valence electrons. The molecule has 1 aliphatic rings. The van der Waals surface area contributed by atoms with E-state index in [2.05, 4.69) is 15.4 Å². The summed E-state index contributed by atoms with van der Waals surface area (Å²) in [6.07, 6.45) is -2.28. The summed E-state index contributed by atoms with van der Waals surface area (Å²) in [5.74, 6) is 0.192. The van der Waals surface area contributed by atoms with Crippen molar-refractivity contribution in [1.82, 2.24) is 10.2 Å². The molecule has 0 atom stereocenters. The van der Waals surface area contributed by atoms with Crippen LogP contribution in [0.1, 0.15) is 26.2 Å². The maximum absolute atomic E-state index is 11.8. The van der Waals surface area contributed by atoms with Gasteiger partial charge in [0.2, 0.25) is 5.91 Å². The Bertz CT molecular complexity index is 559. The number of halogens is 3. The SMILES string of the molecule is CCC(=O)N1CCC(NC(=O)Nc2ccccc2)CC1.COC(F)(F)F. The van der Waals surface area contributed by atoms with Crippen molar-refractivity contribution < 1.29 is 27.5 Å². The summed E-state index contributed by atoms with van der Waals surface area (Å²) < 4.78 is 34.6. The smallest absolute Gasteiger partial charge is 0.343 e. The van der Waals surface area contributed by atoms with E-state index in [1.807, 2.05) is 42.2 Å². The summed E-state index contributed by atoms with van der Waals surface area (Å²) in [7, 11) is 0.583. The van der Waals surface area contributed by atoms with E-state index in [1.165, 1.54) is 0 Å². The first kappa shape index (κ1) is 21.8. The predicted octanol–water partition coefficient (Wildman–Crippen LogP) is 3.36. The van der Waals surface area contributed by atoms with Gasteiger partial charge in [-0.25, -0.2) is 4.79 Å². The Labute approximate surface area is 150 Å². The number of amides is 3. The van der Waals surface area contributed by atoms with Gasteiger partial charge in [-0.15, -0.1) is 13.2 Å². The van der Waals surface area contributed by atoms with Gasteiger partial charge in [-0.2, -0.15) is 0 Å². The van der Waals surface area contributed by atoms with Gasteiger partial charge in [0, 0.05) is 38.3 Å². The van der Waals surface area contributed by atoms with Crippen molar-refractivity contribution in [3.63, 3.8) is 0 Å². The number of likely N-dealkylation sites (tertiary alicyclic amines) is 1. The maximum Gasteiger partial charge on any atom is 0.522 e. The molecule has 0 radical (unpaired) electrons. The van der Waals surface area contributed by atoms with Crippen molar-refractivity contribution in [2.75, 3.05) is 25.5 Å². The minimum absolute atomic E-state index is 0.139. The number of para-hydroxylation sites is 1. The molecule has 2 N–H and O–H groups in total. The summed E-state index contributed by atoms with van der Waals surface area (Å²) in [5, 5.41) is 5.76. The third-order valence-corrected chi connectivity index (χ3v) is 3.75. The number of nitrogens with zero attached hydrogens (tertiary/aromatic N) is 1. The quantitative estimate of drug-likeness (QED) is 0.851. The molecule has 2 rings (SSSR count). The number of benzene rings is 1. The summed E-state index contributed by atoms with van der Waals surface area (Å²) in [4.78, 5) is 25.3. The normalized spacial score (nSPS) is 14.9. The van der Waals surface area contributed by atoms with E-state index in [4.69, 9.17) is 0 Å². The van der Waals surface area contributed by atoms with Crippen LogP contribution in [0.3, 0.4) is 0 Å². The Hall–Kier alpha value is -2.29. The Morgan fingerprint density at radius 1 is 1.19 bits per heavy atom. The zero-order valence-corrected chi connectivity index (χ0v) is 14.8. The number of methoxy groups -OCH3 is 1. The topological polar surface area (TPSA) is 70.7 Å². The number of urea groups is 1. The summed E-state index contributed by atoms with van der Waals surface area (Å²) in [6, 6.07) is 9.32. The number of hydrogen-bond donors (Lipinski definition) is 2. The highest BCUT2D eigenvalue weighted by molar-refractivity contribution is 5.89. The molecule has 1 saturated heterocycles.